The number of carbonyl (C=O) groups is 1. The van der Waals surface area contributed by atoms with Crippen LogP contribution in [0.1, 0.15) is 36.0 Å². The number of benzene rings is 1. The summed E-state index contributed by atoms with van der Waals surface area (Å²) in [5.74, 6) is 2.52. The lowest BCUT2D eigenvalue weighted by Crippen LogP contribution is -2.34. The highest BCUT2D eigenvalue weighted by atomic mass is 79.9. The minimum Gasteiger partial charge on any atom is -0.341 e. The highest BCUT2D eigenvalue weighted by Gasteiger charge is 2.40. The van der Waals surface area contributed by atoms with Gasteiger partial charge in [0.2, 0.25) is 0 Å². The van der Waals surface area contributed by atoms with Crippen LogP contribution in [0.4, 0.5) is 0 Å². The van der Waals surface area contributed by atoms with Crippen molar-refractivity contribution >= 4 is 33.4 Å². The molecule has 2 aliphatic carbocycles. The second-order valence-electron chi connectivity index (χ2n) is 6.24. The van der Waals surface area contributed by atoms with Crippen molar-refractivity contribution in [2.45, 2.75) is 25.7 Å². The lowest BCUT2D eigenvalue weighted by Gasteiger charge is -2.27. The van der Waals surface area contributed by atoms with Crippen LogP contribution in [0.3, 0.4) is 0 Å². The Morgan fingerprint density at radius 2 is 2.20 bits per heavy atom. The minimum absolute atomic E-state index is 0.0575. The summed E-state index contributed by atoms with van der Waals surface area (Å²) in [7, 11) is 1.90. The third-order valence-corrected chi connectivity index (χ3v) is 5.83. The molecule has 2 bridgehead atoms. The zero-order valence-corrected chi connectivity index (χ0v) is 14.0. The summed E-state index contributed by atoms with van der Waals surface area (Å²) in [6.07, 6.45) is 5.45. The molecule has 0 aromatic heterocycles. The smallest absolute Gasteiger partial charge is 0.254 e. The molecule has 0 saturated heterocycles. The Hall–Kier alpha value is -0.540. The van der Waals surface area contributed by atoms with E-state index in [0.717, 1.165) is 22.9 Å². The topological polar surface area (TPSA) is 20.3 Å². The van der Waals surface area contributed by atoms with Crippen molar-refractivity contribution < 1.29 is 4.79 Å². The van der Waals surface area contributed by atoms with Crippen molar-refractivity contribution in [3.63, 3.8) is 0 Å². The summed E-state index contributed by atoms with van der Waals surface area (Å²) >= 11 is 9.43. The molecule has 0 spiro atoms. The molecular formula is C16H19BrClNO. The Bertz CT molecular complexity index is 533. The second-order valence-corrected chi connectivity index (χ2v) is 7.54. The molecule has 2 saturated carbocycles. The van der Waals surface area contributed by atoms with E-state index < -0.39 is 0 Å². The zero-order valence-electron chi connectivity index (χ0n) is 11.6. The van der Waals surface area contributed by atoms with Crippen LogP contribution in [0.5, 0.6) is 0 Å². The molecule has 0 radical (unpaired) electrons. The Morgan fingerprint density at radius 1 is 1.40 bits per heavy atom. The van der Waals surface area contributed by atoms with E-state index in [1.807, 2.05) is 18.0 Å². The number of hydrogen-bond donors (Lipinski definition) is 0. The van der Waals surface area contributed by atoms with Crippen LogP contribution in [0.2, 0.25) is 5.02 Å². The number of carbonyl (C=O) groups excluding carboxylic acids is 1. The number of rotatable bonds is 3. The molecule has 2 aliphatic rings. The number of halogens is 2. The minimum atomic E-state index is 0.0575. The van der Waals surface area contributed by atoms with Crippen LogP contribution in [-0.4, -0.2) is 24.4 Å². The van der Waals surface area contributed by atoms with E-state index in [9.17, 15) is 4.79 Å². The first-order valence-corrected chi connectivity index (χ1v) is 8.42. The van der Waals surface area contributed by atoms with E-state index in [0.29, 0.717) is 16.5 Å². The van der Waals surface area contributed by atoms with Gasteiger partial charge in [-0.25, -0.2) is 0 Å². The predicted molar refractivity (Wildman–Crippen MR) is 85.1 cm³/mol. The van der Waals surface area contributed by atoms with Gasteiger partial charge in [-0.15, -0.1) is 0 Å². The molecule has 3 unspecified atom stereocenters. The maximum Gasteiger partial charge on any atom is 0.254 e. The van der Waals surface area contributed by atoms with Gasteiger partial charge >= 0.3 is 0 Å². The number of amides is 1. The summed E-state index contributed by atoms with van der Waals surface area (Å²) in [6.45, 7) is 0.874. The lowest BCUT2D eigenvalue weighted by molar-refractivity contribution is 0.0753. The van der Waals surface area contributed by atoms with Gasteiger partial charge in [-0.05, 0) is 71.1 Å². The fraction of sp³-hybridized carbons (Fsp3) is 0.562. The fourth-order valence-corrected chi connectivity index (χ4v) is 4.49. The molecule has 4 heteroatoms. The van der Waals surface area contributed by atoms with Gasteiger partial charge in [-0.3, -0.25) is 4.79 Å². The molecule has 1 aromatic carbocycles. The van der Waals surface area contributed by atoms with E-state index in [2.05, 4.69) is 15.9 Å². The Labute approximate surface area is 133 Å². The van der Waals surface area contributed by atoms with Crippen molar-refractivity contribution in [3.8, 4) is 0 Å². The average molecular weight is 357 g/mol. The van der Waals surface area contributed by atoms with Crippen molar-refractivity contribution in [1.82, 2.24) is 4.90 Å². The van der Waals surface area contributed by atoms with Crippen LogP contribution in [0.15, 0.2) is 22.7 Å². The first-order chi connectivity index (χ1) is 9.54. The van der Waals surface area contributed by atoms with Gasteiger partial charge in [0.15, 0.2) is 0 Å². The van der Waals surface area contributed by atoms with Crippen molar-refractivity contribution in [2.24, 2.45) is 17.8 Å². The molecule has 0 aliphatic heterocycles. The number of hydrogen-bond acceptors (Lipinski definition) is 1. The SMILES string of the molecule is CN(CC1CC2CCC1C2)C(=O)c1cc(Cl)ccc1Br. The quantitative estimate of drug-likeness (QED) is 0.774. The fourth-order valence-electron chi connectivity index (χ4n) is 3.90. The molecule has 2 nitrogen and oxygen atoms in total. The first kappa shape index (κ1) is 14.4. The predicted octanol–water partition coefficient (Wildman–Crippen LogP) is 4.61. The monoisotopic (exact) mass is 355 g/mol. The van der Waals surface area contributed by atoms with Crippen molar-refractivity contribution in [1.29, 1.82) is 0 Å². The summed E-state index contributed by atoms with van der Waals surface area (Å²) in [5.41, 5.74) is 0.656. The second kappa shape index (κ2) is 5.69. The standard InChI is InChI=1S/C16H19BrClNO/c1-19(9-12-7-10-2-3-11(12)6-10)16(20)14-8-13(18)4-5-15(14)17/h4-5,8,10-12H,2-3,6-7,9H2,1H3. The average Bonchev–Trinajstić information content (AvgIpc) is 3.03. The van der Waals surface area contributed by atoms with E-state index in [1.54, 1.807) is 12.1 Å². The molecule has 0 heterocycles. The summed E-state index contributed by atoms with van der Waals surface area (Å²) < 4.78 is 0.812. The Balaban J connectivity index is 1.69. The third kappa shape index (κ3) is 2.75. The van der Waals surface area contributed by atoms with Gasteiger partial charge in [-0.1, -0.05) is 18.0 Å². The summed E-state index contributed by atoms with van der Waals surface area (Å²) in [4.78, 5) is 14.4. The van der Waals surface area contributed by atoms with E-state index in [1.165, 1.54) is 25.7 Å². The van der Waals surface area contributed by atoms with Gasteiger partial charge < -0.3 is 4.90 Å². The van der Waals surface area contributed by atoms with E-state index >= 15 is 0 Å². The highest BCUT2D eigenvalue weighted by molar-refractivity contribution is 9.10. The Kier molecular flexibility index (Phi) is 4.09. The maximum absolute atomic E-state index is 12.5. The van der Waals surface area contributed by atoms with Gasteiger partial charge in [0.1, 0.15) is 0 Å². The maximum atomic E-state index is 12.5. The molecule has 3 atom stereocenters. The largest absolute Gasteiger partial charge is 0.341 e. The molecule has 0 N–H and O–H groups in total. The molecule has 1 aromatic rings. The van der Waals surface area contributed by atoms with Gasteiger partial charge in [-0.2, -0.15) is 0 Å². The number of nitrogens with zero attached hydrogens (tertiary/aromatic N) is 1. The summed E-state index contributed by atoms with van der Waals surface area (Å²) in [5, 5.41) is 0.602. The number of fused-ring (bicyclic) bond motifs is 2. The van der Waals surface area contributed by atoms with Crippen molar-refractivity contribution in [2.75, 3.05) is 13.6 Å². The van der Waals surface area contributed by atoms with Gasteiger partial charge in [0.25, 0.3) is 5.91 Å². The summed E-state index contributed by atoms with van der Waals surface area (Å²) in [6, 6.07) is 5.37. The van der Waals surface area contributed by atoms with Gasteiger partial charge in [0.05, 0.1) is 5.56 Å². The molecule has 108 valence electrons. The van der Waals surface area contributed by atoms with Crippen LogP contribution in [0.25, 0.3) is 0 Å². The molecule has 1 amide bonds. The van der Waals surface area contributed by atoms with Crippen molar-refractivity contribution in [3.05, 3.63) is 33.3 Å². The lowest BCUT2D eigenvalue weighted by atomic mass is 9.88. The van der Waals surface area contributed by atoms with E-state index in [4.69, 9.17) is 11.6 Å². The molecular weight excluding hydrogens is 338 g/mol. The highest BCUT2D eigenvalue weighted by Crippen LogP contribution is 2.48. The first-order valence-electron chi connectivity index (χ1n) is 7.25. The van der Waals surface area contributed by atoms with Crippen LogP contribution in [-0.2, 0) is 0 Å². The van der Waals surface area contributed by atoms with Gasteiger partial charge in [0, 0.05) is 23.1 Å². The van der Waals surface area contributed by atoms with Crippen LogP contribution in [0, 0.1) is 17.8 Å². The van der Waals surface area contributed by atoms with Crippen LogP contribution < -0.4 is 0 Å². The molecule has 2 fully saturated rings. The zero-order chi connectivity index (χ0) is 14.3. The third-order valence-electron chi connectivity index (χ3n) is 4.90. The normalized spacial score (nSPS) is 27.9. The van der Waals surface area contributed by atoms with Crippen LogP contribution >= 0.6 is 27.5 Å². The molecule has 3 rings (SSSR count). The Morgan fingerprint density at radius 3 is 2.85 bits per heavy atom. The molecule has 20 heavy (non-hydrogen) atoms. The van der Waals surface area contributed by atoms with E-state index in [-0.39, 0.29) is 5.91 Å².